The Hall–Kier alpha value is -0.0500. The second kappa shape index (κ2) is 5.33. The summed E-state index contributed by atoms with van der Waals surface area (Å²) in [5.41, 5.74) is 0. The molecular formula is C12H20BrNO. The molecule has 1 heterocycles. The lowest BCUT2D eigenvalue weighted by atomic mass is 9.96. The Balaban J connectivity index is 1.92. The lowest BCUT2D eigenvalue weighted by Gasteiger charge is -2.29. The van der Waals surface area contributed by atoms with E-state index in [1.165, 1.54) is 44.9 Å². The average Bonchev–Trinajstić information content (AvgIpc) is 2.45. The van der Waals surface area contributed by atoms with Gasteiger partial charge in [-0.15, -0.1) is 0 Å². The number of hydrogen-bond acceptors (Lipinski definition) is 1. The van der Waals surface area contributed by atoms with Crippen molar-refractivity contribution < 1.29 is 4.79 Å². The number of alkyl halides is 1. The van der Waals surface area contributed by atoms with Crippen molar-refractivity contribution >= 4 is 21.8 Å². The normalized spacial score (nSPS) is 30.3. The van der Waals surface area contributed by atoms with Crippen LogP contribution in [0.5, 0.6) is 0 Å². The topological polar surface area (TPSA) is 20.3 Å². The van der Waals surface area contributed by atoms with Crippen LogP contribution in [0.25, 0.3) is 0 Å². The summed E-state index contributed by atoms with van der Waals surface area (Å²) in [4.78, 5) is 14.3. The molecule has 1 saturated carbocycles. The van der Waals surface area contributed by atoms with Gasteiger partial charge >= 0.3 is 0 Å². The Morgan fingerprint density at radius 1 is 1.07 bits per heavy atom. The zero-order valence-corrected chi connectivity index (χ0v) is 10.8. The molecule has 1 saturated heterocycles. The van der Waals surface area contributed by atoms with Gasteiger partial charge < -0.3 is 4.90 Å². The van der Waals surface area contributed by atoms with Gasteiger partial charge in [-0.2, -0.15) is 0 Å². The summed E-state index contributed by atoms with van der Waals surface area (Å²) in [6, 6.07) is 0.542. The van der Waals surface area contributed by atoms with E-state index in [1.54, 1.807) is 0 Å². The van der Waals surface area contributed by atoms with Gasteiger partial charge in [0.25, 0.3) is 0 Å². The zero-order chi connectivity index (χ0) is 10.7. The van der Waals surface area contributed by atoms with Crippen LogP contribution in [0.4, 0.5) is 0 Å². The Labute approximate surface area is 101 Å². The number of carbonyl (C=O) groups is 1. The van der Waals surface area contributed by atoms with Gasteiger partial charge in [-0.25, -0.2) is 0 Å². The third-order valence-electron chi connectivity index (χ3n) is 3.63. The van der Waals surface area contributed by atoms with Crippen LogP contribution in [0.1, 0.15) is 51.4 Å². The van der Waals surface area contributed by atoms with E-state index in [2.05, 4.69) is 20.8 Å². The number of rotatable bonds is 1. The molecule has 1 amide bonds. The maximum Gasteiger partial charge on any atom is 0.224 e. The second-order valence-corrected chi connectivity index (χ2v) is 6.14. The summed E-state index contributed by atoms with van der Waals surface area (Å²) in [6.07, 6.45) is 9.88. The molecule has 2 fully saturated rings. The van der Waals surface area contributed by atoms with Crippen LogP contribution in [0.15, 0.2) is 0 Å². The Morgan fingerprint density at radius 3 is 2.20 bits per heavy atom. The molecule has 15 heavy (non-hydrogen) atoms. The fraction of sp³-hybridized carbons (Fsp3) is 0.917. The van der Waals surface area contributed by atoms with E-state index in [0.29, 0.717) is 23.2 Å². The Morgan fingerprint density at radius 2 is 1.67 bits per heavy atom. The van der Waals surface area contributed by atoms with Gasteiger partial charge in [-0.1, -0.05) is 48.0 Å². The molecule has 1 atom stereocenters. The first-order valence-electron chi connectivity index (χ1n) is 6.21. The fourth-order valence-electron chi connectivity index (χ4n) is 2.79. The first kappa shape index (κ1) is 11.4. The van der Waals surface area contributed by atoms with Crippen LogP contribution in [0.3, 0.4) is 0 Å². The van der Waals surface area contributed by atoms with Crippen molar-refractivity contribution in [1.29, 1.82) is 0 Å². The third kappa shape index (κ3) is 2.96. The lowest BCUT2D eigenvalue weighted by Crippen LogP contribution is -2.37. The van der Waals surface area contributed by atoms with E-state index in [1.807, 2.05) is 0 Å². The summed E-state index contributed by atoms with van der Waals surface area (Å²) in [7, 11) is 0. The van der Waals surface area contributed by atoms with Gasteiger partial charge in [0.2, 0.25) is 5.91 Å². The first-order valence-corrected chi connectivity index (χ1v) is 7.12. The lowest BCUT2D eigenvalue weighted by molar-refractivity contribution is -0.130. The summed E-state index contributed by atoms with van der Waals surface area (Å²) < 4.78 is 0. The Kier molecular flexibility index (Phi) is 4.06. The van der Waals surface area contributed by atoms with Crippen molar-refractivity contribution in [3.63, 3.8) is 0 Å². The van der Waals surface area contributed by atoms with Crippen molar-refractivity contribution in [2.45, 2.75) is 62.2 Å². The molecule has 2 nitrogen and oxygen atoms in total. The maximum absolute atomic E-state index is 11.8. The molecule has 3 heteroatoms. The molecule has 2 rings (SSSR count). The number of likely N-dealkylation sites (tertiary alicyclic amines) is 1. The maximum atomic E-state index is 11.8. The number of hydrogen-bond donors (Lipinski definition) is 0. The molecular weight excluding hydrogens is 254 g/mol. The van der Waals surface area contributed by atoms with Crippen LogP contribution < -0.4 is 0 Å². The minimum absolute atomic E-state index is 0.363. The summed E-state index contributed by atoms with van der Waals surface area (Å²) in [5.74, 6) is 0.363. The fourth-order valence-corrected chi connectivity index (χ4v) is 3.37. The van der Waals surface area contributed by atoms with E-state index in [-0.39, 0.29) is 0 Å². The van der Waals surface area contributed by atoms with Crippen molar-refractivity contribution in [1.82, 2.24) is 4.90 Å². The molecule has 0 spiro atoms. The molecule has 0 aromatic heterocycles. The third-order valence-corrected chi connectivity index (χ3v) is 4.24. The molecule has 0 radical (unpaired) electrons. The Bertz CT molecular complexity index is 224. The van der Waals surface area contributed by atoms with Crippen LogP contribution in [-0.4, -0.2) is 28.2 Å². The average molecular weight is 274 g/mol. The molecule has 0 N–H and O–H groups in total. The van der Waals surface area contributed by atoms with Gasteiger partial charge in [0.1, 0.15) is 0 Å². The number of halogens is 1. The van der Waals surface area contributed by atoms with E-state index < -0.39 is 0 Å². The van der Waals surface area contributed by atoms with Crippen LogP contribution in [-0.2, 0) is 4.79 Å². The van der Waals surface area contributed by atoms with Crippen molar-refractivity contribution in [2.24, 2.45) is 0 Å². The van der Waals surface area contributed by atoms with E-state index in [9.17, 15) is 4.79 Å². The van der Waals surface area contributed by atoms with E-state index in [0.717, 1.165) is 6.54 Å². The van der Waals surface area contributed by atoms with Crippen LogP contribution in [0, 0.1) is 0 Å². The van der Waals surface area contributed by atoms with Gasteiger partial charge in [0.05, 0.1) is 0 Å². The molecule has 0 aromatic rings. The van der Waals surface area contributed by atoms with Crippen molar-refractivity contribution in [3.8, 4) is 0 Å². The highest BCUT2D eigenvalue weighted by Gasteiger charge is 2.32. The summed E-state index contributed by atoms with van der Waals surface area (Å²) in [5, 5.41) is 0. The minimum atomic E-state index is 0.363. The van der Waals surface area contributed by atoms with Gasteiger partial charge in [-0.3, -0.25) is 4.79 Å². The monoisotopic (exact) mass is 273 g/mol. The van der Waals surface area contributed by atoms with Gasteiger partial charge in [0, 0.05) is 23.8 Å². The minimum Gasteiger partial charge on any atom is -0.339 e. The largest absolute Gasteiger partial charge is 0.339 e. The molecule has 1 aliphatic heterocycles. The van der Waals surface area contributed by atoms with Gasteiger partial charge in [0.15, 0.2) is 0 Å². The number of carbonyl (C=O) groups excluding carboxylic acids is 1. The predicted molar refractivity (Wildman–Crippen MR) is 65.2 cm³/mol. The van der Waals surface area contributed by atoms with Crippen LogP contribution >= 0.6 is 15.9 Å². The van der Waals surface area contributed by atoms with Gasteiger partial charge in [-0.05, 0) is 12.8 Å². The molecule has 0 bridgehead atoms. The summed E-state index contributed by atoms with van der Waals surface area (Å²) in [6.45, 7) is 0.934. The predicted octanol–water partition coefficient (Wildman–Crippen LogP) is 3.10. The summed E-state index contributed by atoms with van der Waals surface area (Å²) >= 11 is 3.56. The van der Waals surface area contributed by atoms with Crippen molar-refractivity contribution in [3.05, 3.63) is 0 Å². The van der Waals surface area contributed by atoms with E-state index >= 15 is 0 Å². The zero-order valence-electron chi connectivity index (χ0n) is 9.25. The smallest absolute Gasteiger partial charge is 0.224 e. The van der Waals surface area contributed by atoms with E-state index in [4.69, 9.17) is 0 Å². The molecule has 0 aromatic carbocycles. The highest BCUT2D eigenvalue weighted by Crippen LogP contribution is 2.27. The quantitative estimate of drug-likeness (QED) is 0.673. The molecule has 86 valence electrons. The molecule has 1 unspecified atom stereocenters. The van der Waals surface area contributed by atoms with Crippen LogP contribution in [0.2, 0.25) is 0 Å². The number of nitrogens with zero attached hydrogens (tertiary/aromatic N) is 1. The molecule has 1 aliphatic carbocycles. The highest BCUT2D eigenvalue weighted by atomic mass is 79.9. The SMILES string of the molecule is O=C1CC(Br)CN1C1CCCCCCC1. The highest BCUT2D eigenvalue weighted by molar-refractivity contribution is 9.09. The molecule has 2 aliphatic rings. The number of amides is 1. The second-order valence-electron chi connectivity index (χ2n) is 4.85. The first-order chi connectivity index (χ1) is 7.27. The standard InChI is InChI=1S/C12H20BrNO/c13-10-8-12(15)14(9-10)11-6-4-2-1-3-5-7-11/h10-11H,1-9H2. The van der Waals surface area contributed by atoms with Crippen molar-refractivity contribution in [2.75, 3.05) is 6.54 Å².